The highest BCUT2D eigenvalue weighted by Gasteiger charge is 2.21. The number of nitrogens with zero attached hydrogens (tertiary/aromatic N) is 1. The van der Waals surface area contributed by atoms with Crippen LogP contribution >= 0.6 is 11.3 Å². The van der Waals surface area contributed by atoms with E-state index in [1.165, 1.54) is 40.5 Å². The van der Waals surface area contributed by atoms with Crippen molar-refractivity contribution in [1.29, 1.82) is 0 Å². The second-order valence-corrected chi connectivity index (χ2v) is 7.13. The molecule has 1 aromatic carbocycles. The summed E-state index contributed by atoms with van der Waals surface area (Å²) in [6.45, 7) is -0.125. The van der Waals surface area contributed by atoms with Gasteiger partial charge in [-0.05, 0) is 48.6 Å². The number of carbonyl (C=O) groups excluding carboxylic acids is 1. The van der Waals surface area contributed by atoms with E-state index in [2.05, 4.69) is 9.97 Å². The number of H-pyrrole nitrogens is 1. The number of rotatable bonds is 4. The zero-order chi connectivity index (χ0) is 18.1. The van der Waals surface area contributed by atoms with Crippen LogP contribution < -0.4 is 5.56 Å². The molecule has 0 bridgehead atoms. The fourth-order valence-corrected chi connectivity index (χ4v) is 4.36. The van der Waals surface area contributed by atoms with Crippen molar-refractivity contribution in [2.45, 2.75) is 25.9 Å². The number of hydrogen-bond acceptors (Lipinski definition) is 5. The number of fused-ring (bicyclic) bond motifs is 3. The first kappa shape index (κ1) is 16.7. The van der Waals surface area contributed by atoms with Gasteiger partial charge in [-0.1, -0.05) is 12.1 Å². The standard InChI is InChI=1S/C19H15FN2O3S/c20-12-4-1-3-11(9-12)7-8-16(23)25-10-15-21-18(24)17-13-5-2-6-14(13)26-19(17)22-15/h1,3-4,7-9H,2,5-6,10H2,(H,21,22,24)/b8-7+. The zero-order valence-corrected chi connectivity index (χ0v) is 14.6. The number of aryl methyl sites for hydroxylation is 2. The second kappa shape index (κ2) is 6.84. The second-order valence-electron chi connectivity index (χ2n) is 6.05. The Morgan fingerprint density at radius 3 is 3.12 bits per heavy atom. The number of carbonyl (C=O) groups is 1. The number of thiophene rings is 1. The summed E-state index contributed by atoms with van der Waals surface area (Å²) in [6, 6.07) is 5.87. The molecule has 26 heavy (non-hydrogen) atoms. The minimum atomic E-state index is -0.592. The van der Waals surface area contributed by atoms with Crippen molar-refractivity contribution in [2.75, 3.05) is 0 Å². The van der Waals surface area contributed by atoms with Crippen LogP contribution in [0.1, 0.15) is 28.2 Å². The van der Waals surface area contributed by atoms with Gasteiger partial charge in [0, 0.05) is 11.0 Å². The Morgan fingerprint density at radius 1 is 1.38 bits per heavy atom. The topological polar surface area (TPSA) is 72.0 Å². The van der Waals surface area contributed by atoms with E-state index >= 15 is 0 Å². The molecule has 0 radical (unpaired) electrons. The lowest BCUT2D eigenvalue weighted by Crippen LogP contribution is -2.13. The van der Waals surface area contributed by atoms with E-state index in [1.54, 1.807) is 12.1 Å². The van der Waals surface area contributed by atoms with Gasteiger partial charge >= 0.3 is 5.97 Å². The van der Waals surface area contributed by atoms with Gasteiger partial charge in [0.05, 0.1) is 5.39 Å². The number of nitrogens with one attached hydrogen (secondary N) is 1. The van der Waals surface area contributed by atoms with Gasteiger partial charge in [-0.2, -0.15) is 0 Å². The first-order valence-electron chi connectivity index (χ1n) is 8.24. The minimum absolute atomic E-state index is 0.125. The average Bonchev–Trinajstić information content (AvgIpc) is 3.18. The quantitative estimate of drug-likeness (QED) is 0.565. The number of esters is 1. The molecular formula is C19H15FN2O3S. The molecular weight excluding hydrogens is 355 g/mol. The Kier molecular flexibility index (Phi) is 4.38. The van der Waals surface area contributed by atoms with Crippen molar-refractivity contribution in [1.82, 2.24) is 9.97 Å². The summed E-state index contributed by atoms with van der Waals surface area (Å²) in [5, 5.41) is 0.670. The van der Waals surface area contributed by atoms with E-state index in [9.17, 15) is 14.0 Å². The number of ether oxygens (including phenoxy) is 1. The Labute approximate surface area is 152 Å². The highest BCUT2D eigenvalue weighted by molar-refractivity contribution is 7.18. The maximum Gasteiger partial charge on any atom is 0.331 e. The normalized spacial score (nSPS) is 13.4. The Balaban J connectivity index is 1.46. The van der Waals surface area contributed by atoms with Crippen LogP contribution in [0.25, 0.3) is 16.3 Å². The van der Waals surface area contributed by atoms with Crippen LogP contribution in [0.2, 0.25) is 0 Å². The molecule has 1 aliphatic rings. The summed E-state index contributed by atoms with van der Waals surface area (Å²) < 4.78 is 18.2. The molecule has 0 unspecified atom stereocenters. The van der Waals surface area contributed by atoms with Gasteiger partial charge in [0.25, 0.3) is 5.56 Å². The number of halogens is 1. The van der Waals surface area contributed by atoms with E-state index in [0.717, 1.165) is 24.8 Å². The molecule has 132 valence electrons. The molecule has 4 rings (SSSR count). The highest BCUT2D eigenvalue weighted by Crippen LogP contribution is 2.34. The fraction of sp³-hybridized carbons (Fsp3) is 0.211. The van der Waals surface area contributed by atoms with Crippen molar-refractivity contribution >= 4 is 33.6 Å². The predicted octanol–water partition coefficient (Wildman–Crippen LogP) is 3.37. The Morgan fingerprint density at radius 2 is 2.27 bits per heavy atom. The van der Waals surface area contributed by atoms with Gasteiger partial charge in [0.1, 0.15) is 23.1 Å². The molecule has 2 heterocycles. The SMILES string of the molecule is O=C(/C=C/c1cccc(F)c1)OCc1nc2sc3c(c2c(=O)[nH]1)CCC3. The lowest BCUT2D eigenvalue weighted by Gasteiger charge is -2.02. The molecule has 2 aromatic heterocycles. The molecule has 3 aromatic rings. The van der Waals surface area contributed by atoms with Crippen molar-refractivity contribution in [3.8, 4) is 0 Å². The molecule has 0 aliphatic heterocycles. The van der Waals surface area contributed by atoms with Crippen LogP contribution in [-0.2, 0) is 29.0 Å². The first-order valence-corrected chi connectivity index (χ1v) is 9.05. The zero-order valence-electron chi connectivity index (χ0n) is 13.8. The maximum atomic E-state index is 13.1. The van der Waals surface area contributed by atoms with Gasteiger partial charge < -0.3 is 9.72 Å². The minimum Gasteiger partial charge on any atom is -0.454 e. The lowest BCUT2D eigenvalue weighted by molar-refractivity contribution is -0.139. The van der Waals surface area contributed by atoms with Gasteiger partial charge in [0.15, 0.2) is 0 Å². The van der Waals surface area contributed by atoms with Gasteiger partial charge in [-0.25, -0.2) is 14.2 Å². The highest BCUT2D eigenvalue weighted by atomic mass is 32.1. The summed E-state index contributed by atoms with van der Waals surface area (Å²) in [6.07, 6.45) is 5.66. The van der Waals surface area contributed by atoms with Crippen LogP contribution in [0.15, 0.2) is 35.1 Å². The van der Waals surface area contributed by atoms with Crippen molar-refractivity contribution in [3.63, 3.8) is 0 Å². The summed E-state index contributed by atoms with van der Waals surface area (Å²) in [5.74, 6) is -0.654. The van der Waals surface area contributed by atoms with Crippen molar-refractivity contribution in [2.24, 2.45) is 0 Å². The number of benzene rings is 1. The van der Waals surface area contributed by atoms with E-state index in [0.29, 0.717) is 21.6 Å². The monoisotopic (exact) mass is 370 g/mol. The third kappa shape index (κ3) is 3.30. The molecule has 1 aliphatic carbocycles. The lowest BCUT2D eigenvalue weighted by atomic mass is 10.2. The third-order valence-corrected chi connectivity index (χ3v) is 5.42. The van der Waals surface area contributed by atoms with Crippen LogP contribution in [0, 0.1) is 5.82 Å². The smallest absolute Gasteiger partial charge is 0.331 e. The van der Waals surface area contributed by atoms with E-state index in [-0.39, 0.29) is 18.0 Å². The van der Waals surface area contributed by atoms with Crippen molar-refractivity contribution < 1.29 is 13.9 Å². The number of hydrogen-bond donors (Lipinski definition) is 1. The molecule has 5 nitrogen and oxygen atoms in total. The number of aromatic nitrogens is 2. The van der Waals surface area contributed by atoms with Gasteiger partial charge in [-0.15, -0.1) is 11.3 Å². The Hall–Kier alpha value is -2.80. The molecule has 0 fully saturated rings. The summed E-state index contributed by atoms with van der Waals surface area (Å²) >= 11 is 1.54. The maximum absolute atomic E-state index is 13.1. The number of aromatic amines is 1. The van der Waals surface area contributed by atoms with Crippen molar-refractivity contribution in [3.05, 3.63) is 68.3 Å². The molecule has 0 atom stereocenters. The first-order chi connectivity index (χ1) is 12.6. The van der Waals surface area contributed by atoms with E-state index in [4.69, 9.17) is 4.74 Å². The average molecular weight is 370 g/mol. The summed E-state index contributed by atoms with van der Waals surface area (Å²) in [4.78, 5) is 33.2. The van der Waals surface area contributed by atoms with Crippen LogP contribution in [-0.4, -0.2) is 15.9 Å². The largest absolute Gasteiger partial charge is 0.454 e. The van der Waals surface area contributed by atoms with Gasteiger partial charge in [-0.3, -0.25) is 4.79 Å². The molecule has 1 N–H and O–H groups in total. The van der Waals surface area contributed by atoms with Crippen LogP contribution in [0.3, 0.4) is 0 Å². The molecule has 7 heteroatoms. The van der Waals surface area contributed by atoms with Crippen LogP contribution in [0.4, 0.5) is 4.39 Å². The summed E-state index contributed by atoms with van der Waals surface area (Å²) in [7, 11) is 0. The van der Waals surface area contributed by atoms with Gasteiger partial charge in [0.2, 0.25) is 0 Å². The molecule has 0 spiro atoms. The van der Waals surface area contributed by atoms with Crippen LogP contribution in [0.5, 0.6) is 0 Å². The van der Waals surface area contributed by atoms with E-state index in [1.807, 2.05) is 0 Å². The molecule has 0 amide bonds. The van der Waals surface area contributed by atoms with E-state index < -0.39 is 5.97 Å². The molecule has 0 saturated carbocycles. The molecule has 0 saturated heterocycles. The predicted molar refractivity (Wildman–Crippen MR) is 97.5 cm³/mol. The Bertz CT molecular complexity index is 1080. The fourth-order valence-electron chi connectivity index (χ4n) is 3.08. The summed E-state index contributed by atoms with van der Waals surface area (Å²) in [5.41, 5.74) is 1.49. The third-order valence-electron chi connectivity index (χ3n) is 4.24.